The number of benzene rings is 1. The van der Waals surface area contributed by atoms with Crippen molar-refractivity contribution in [2.45, 2.75) is 130 Å². The van der Waals surface area contributed by atoms with Crippen molar-refractivity contribution in [3.05, 3.63) is 45.9 Å². The lowest BCUT2D eigenvalue weighted by Crippen LogP contribution is -2.59. The Balaban J connectivity index is 1.94. The SMILES string of the molecule is CCC(=O)OCN(C(=O)[C@@H](NC(=O)[C@H]1CCCCN1C)[C@@H](C)CC)[C@H](C[C@@H](OC(C)=O)c1nc(C(=O)N[C@@H](Cc2ccc(O)cc2)C[C@H](C)C(=O)O)cs1)C(C)C. The number of aromatic nitrogens is 1. The lowest BCUT2D eigenvalue weighted by molar-refractivity contribution is -0.160. The Hall–Kier alpha value is -4.57. The van der Waals surface area contributed by atoms with Crippen LogP contribution < -0.4 is 10.6 Å². The van der Waals surface area contributed by atoms with Crippen LogP contribution in [0, 0.1) is 17.8 Å². The summed E-state index contributed by atoms with van der Waals surface area (Å²) >= 11 is 1.09. The van der Waals surface area contributed by atoms with Gasteiger partial charge in [-0.05, 0) is 68.8 Å². The van der Waals surface area contributed by atoms with Gasteiger partial charge < -0.3 is 35.2 Å². The third-order valence-electron chi connectivity index (χ3n) is 10.6. The molecular formula is C41H61N5O10S. The van der Waals surface area contributed by atoms with Crippen molar-refractivity contribution in [2.75, 3.05) is 20.3 Å². The average Bonchev–Trinajstić information content (AvgIpc) is 3.67. The number of nitrogens with one attached hydrogen (secondary N) is 2. The number of hydrogen-bond donors (Lipinski definition) is 4. The lowest BCUT2D eigenvalue weighted by atomic mass is 9.92. The number of carbonyl (C=O) groups is 6. The molecule has 1 aliphatic rings. The van der Waals surface area contributed by atoms with Gasteiger partial charge in [0.1, 0.15) is 22.5 Å². The highest BCUT2D eigenvalue weighted by molar-refractivity contribution is 7.09. The van der Waals surface area contributed by atoms with E-state index in [1.807, 2.05) is 39.6 Å². The molecule has 57 heavy (non-hydrogen) atoms. The zero-order valence-electron chi connectivity index (χ0n) is 34.5. The van der Waals surface area contributed by atoms with Crippen LogP contribution in [-0.4, -0.2) is 105 Å². The fourth-order valence-corrected chi connectivity index (χ4v) is 7.74. The second kappa shape index (κ2) is 22.4. The number of phenols is 1. The quantitative estimate of drug-likeness (QED) is 0.0963. The Morgan fingerprint density at radius 3 is 2.28 bits per heavy atom. The van der Waals surface area contributed by atoms with E-state index in [1.54, 1.807) is 26.0 Å². The van der Waals surface area contributed by atoms with Gasteiger partial charge in [0, 0.05) is 37.2 Å². The number of likely N-dealkylation sites (tertiary alicyclic amines) is 1. The molecule has 1 aliphatic heterocycles. The summed E-state index contributed by atoms with van der Waals surface area (Å²) in [7, 11) is 1.90. The number of piperidine rings is 1. The maximum absolute atomic E-state index is 14.7. The van der Waals surface area contributed by atoms with E-state index in [0.29, 0.717) is 24.3 Å². The number of rotatable bonds is 21. The van der Waals surface area contributed by atoms with Gasteiger partial charge in [-0.15, -0.1) is 11.3 Å². The Morgan fingerprint density at radius 2 is 1.70 bits per heavy atom. The van der Waals surface area contributed by atoms with Gasteiger partial charge >= 0.3 is 17.9 Å². The van der Waals surface area contributed by atoms with Gasteiger partial charge in [-0.1, -0.05) is 66.5 Å². The summed E-state index contributed by atoms with van der Waals surface area (Å²) in [6.45, 7) is 12.4. The van der Waals surface area contributed by atoms with Crippen LogP contribution in [0.4, 0.5) is 0 Å². The highest BCUT2D eigenvalue weighted by Gasteiger charge is 2.39. The summed E-state index contributed by atoms with van der Waals surface area (Å²) in [4.78, 5) is 86.6. The molecule has 3 rings (SSSR count). The molecule has 316 valence electrons. The van der Waals surface area contributed by atoms with Crippen molar-refractivity contribution in [1.29, 1.82) is 0 Å². The van der Waals surface area contributed by atoms with Crippen LogP contribution in [0.25, 0.3) is 0 Å². The van der Waals surface area contributed by atoms with Crippen LogP contribution in [0.1, 0.15) is 121 Å². The van der Waals surface area contributed by atoms with E-state index in [9.17, 15) is 39.0 Å². The summed E-state index contributed by atoms with van der Waals surface area (Å²) in [6.07, 6.45) is 2.69. The smallest absolute Gasteiger partial charge is 0.307 e. The van der Waals surface area contributed by atoms with Crippen LogP contribution in [0.15, 0.2) is 29.6 Å². The first kappa shape index (κ1) is 46.8. The number of hydrogen-bond acceptors (Lipinski definition) is 12. The number of amides is 3. The number of phenolic OH excluding ortho intramolecular Hbond substituents is 1. The normalized spacial score (nSPS) is 17.7. The third kappa shape index (κ3) is 14.1. The molecule has 4 N–H and O–H groups in total. The number of aromatic hydroxyl groups is 1. The molecule has 0 radical (unpaired) electrons. The van der Waals surface area contributed by atoms with Gasteiger partial charge in [-0.3, -0.25) is 33.7 Å². The van der Waals surface area contributed by atoms with Crippen molar-refractivity contribution in [2.24, 2.45) is 17.8 Å². The van der Waals surface area contributed by atoms with E-state index in [0.717, 1.165) is 36.3 Å². The summed E-state index contributed by atoms with van der Waals surface area (Å²) < 4.78 is 11.4. The molecule has 7 atom stereocenters. The highest BCUT2D eigenvalue weighted by atomic mass is 32.1. The highest BCUT2D eigenvalue weighted by Crippen LogP contribution is 2.32. The van der Waals surface area contributed by atoms with Crippen molar-refractivity contribution < 1.29 is 48.5 Å². The molecule has 0 spiro atoms. The van der Waals surface area contributed by atoms with Crippen molar-refractivity contribution in [3.8, 4) is 5.75 Å². The number of ether oxygens (including phenoxy) is 2. The minimum Gasteiger partial charge on any atom is -0.508 e. The summed E-state index contributed by atoms with van der Waals surface area (Å²) in [5, 5.41) is 27.0. The second-order valence-corrected chi connectivity index (χ2v) is 16.3. The molecule has 16 heteroatoms. The van der Waals surface area contributed by atoms with Gasteiger partial charge in [0.25, 0.3) is 5.91 Å². The predicted octanol–water partition coefficient (Wildman–Crippen LogP) is 5.07. The predicted molar refractivity (Wildman–Crippen MR) is 214 cm³/mol. The van der Waals surface area contributed by atoms with E-state index >= 15 is 0 Å². The molecule has 1 aromatic heterocycles. The number of carbonyl (C=O) groups excluding carboxylic acids is 5. The molecule has 0 bridgehead atoms. The summed E-state index contributed by atoms with van der Waals surface area (Å²) in [6, 6.07) is 3.85. The van der Waals surface area contributed by atoms with Crippen molar-refractivity contribution in [3.63, 3.8) is 0 Å². The largest absolute Gasteiger partial charge is 0.508 e. The van der Waals surface area contributed by atoms with Gasteiger partial charge in [-0.25, -0.2) is 4.98 Å². The number of carboxylic acid groups (broad SMARTS) is 1. The fourth-order valence-electron chi connectivity index (χ4n) is 6.90. The second-order valence-electron chi connectivity index (χ2n) is 15.4. The molecule has 0 saturated carbocycles. The van der Waals surface area contributed by atoms with E-state index in [2.05, 4.69) is 15.6 Å². The monoisotopic (exact) mass is 815 g/mol. The van der Waals surface area contributed by atoms with Crippen molar-refractivity contribution >= 4 is 47.0 Å². The zero-order valence-corrected chi connectivity index (χ0v) is 35.3. The zero-order chi connectivity index (χ0) is 42.4. The van der Waals surface area contributed by atoms with E-state index < -0.39 is 66.6 Å². The minimum absolute atomic E-state index is 0.0315. The number of likely N-dealkylation sites (N-methyl/N-ethyl adjacent to an activating group) is 1. The minimum atomic E-state index is -1.01. The Labute approximate surface area is 339 Å². The lowest BCUT2D eigenvalue weighted by Gasteiger charge is -2.39. The third-order valence-corrected chi connectivity index (χ3v) is 11.5. The first-order valence-electron chi connectivity index (χ1n) is 19.9. The molecule has 1 saturated heterocycles. The number of thiazole rings is 1. The van der Waals surface area contributed by atoms with Crippen molar-refractivity contribution in [1.82, 2.24) is 25.4 Å². The molecule has 0 aliphatic carbocycles. The van der Waals surface area contributed by atoms with Crippen LogP contribution in [0.2, 0.25) is 0 Å². The van der Waals surface area contributed by atoms with E-state index in [4.69, 9.17) is 9.47 Å². The molecule has 0 unspecified atom stereocenters. The summed E-state index contributed by atoms with van der Waals surface area (Å²) in [5.74, 6) is -4.58. The maximum Gasteiger partial charge on any atom is 0.307 e. The molecule has 2 aromatic rings. The first-order chi connectivity index (χ1) is 26.9. The standard InChI is InChI=1S/C41H61N5O10S/c1-9-25(5)36(44-38(51)32-13-11-12-18-45(32)8)40(52)46(23-55-35(49)10-2)33(24(3)4)21-34(56-27(7)47)39-43-31(22-57-39)37(50)42-29(19-26(6)41(53)54)20-28-14-16-30(48)17-15-28/h14-17,22,24-26,29,32-34,36,48H,9-13,18-21,23H2,1-8H3,(H,42,50)(H,44,51)(H,53,54)/t25-,26-,29+,32+,33+,34+,36-/m0/s1. The summed E-state index contributed by atoms with van der Waals surface area (Å²) in [5.41, 5.74) is 0.813. The van der Waals surface area contributed by atoms with Gasteiger partial charge in [0.15, 0.2) is 12.8 Å². The molecule has 1 aromatic carbocycles. The fraction of sp³-hybridized carbons (Fsp3) is 0.634. The van der Waals surface area contributed by atoms with Crippen LogP contribution in [0.5, 0.6) is 5.75 Å². The average molecular weight is 816 g/mol. The maximum atomic E-state index is 14.7. The van der Waals surface area contributed by atoms with Crippen LogP contribution in [0.3, 0.4) is 0 Å². The molecule has 3 amide bonds. The molecule has 1 fully saturated rings. The Bertz CT molecular complexity index is 1670. The number of nitrogens with zero attached hydrogens (tertiary/aromatic N) is 3. The van der Waals surface area contributed by atoms with E-state index in [1.165, 1.54) is 29.3 Å². The van der Waals surface area contributed by atoms with Gasteiger partial charge in [0.2, 0.25) is 11.8 Å². The van der Waals surface area contributed by atoms with E-state index in [-0.39, 0.29) is 54.5 Å². The number of esters is 2. The molecule has 15 nitrogen and oxygen atoms in total. The molecule has 2 heterocycles. The van der Waals surface area contributed by atoms with Gasteiger partial charge in [-0.2, -0.15) is 0 Å². The Kier molecular flexibility index (Phi) is 18.4. The first-order valence-corrected chi connectivity index (χ1v) is 20.7. The van der Waals surface area contributed by atoms with Crippen LogP contribution in [-0.2, 0) is 39.9 Å². The number of aliphatic carboxylic acids is 1. The topological polar surface area (TPSA) is 205 Å². The number of carboxylic acids is 1. The Morgan fingerprint density at radius 1 is 1.02 bits per heavy atom. The van der Waals surface area contributed by atoms with Crippen LogP contribution >= 0.6 is 11.3 Å². The molecular weight excluding hydrogens is 755 g/mol. The van der Waals surface area contributed by atoms with Gasteiger partial charge in [0.05, 0.1) is 12.0 Å².